The van der Waals surface area contributed by atoms with Crippen molar-refractivity contribution in [2.24, 2.45) is 0 Å². The molecule has 3 aromatic rings. The number of benzene rings is 2. The number of nitrogens with one attached hydrogen (secondary N) is 2. The molecule has 0 unspecified atom stereocenters. The van der Waals surface area contributed by atoms with Crippen molar-refractivity contribution in [3.8, 4) is 5.75 Å². The van der Waals surface area contributed by atoms with Crippen molar-refractivity contribution in [3.05, 3.63) is 48.0 Å². The summed E-state index contributed by atoms with van der Waals surface area (Å²) in [5.74, 6) is -1.49. The van der Waals surface area contributed by atoms with Gasteiger partial charge >= 0.3 is 11.8 Å². The molecule has 3 rings (SSSR count). The summed E-state index contributed by atoms with van der Waals surface area (Å²) in [6.45, 7) is 0. The van der Waals surface area contributed by atoms with Crippen molar-refractivity contribution in [1.29, 1.82) is 0 Å². The first kappa shape index (κ1) is 14.0. The van der Waals surface area contributed by atoms with Crippen molar-refractivity contribution < 1.29 is 14.7 Å². The zero-order valence-electron chi connectivity index (χ0n) is 11.2. The highest BCUT2D eigenvalue weighted by atomic mass is 32.1. The van der Waals surface area contributed by atoms with Gasteiger partial charge in [0, 0.05) is 28.0 Å². The maximum atomic E-state index is 12.0. The summed E-state index contributed by atoms with van der Waals surface area (Å²) >= 11 is 1.22. The number of phenolic OH excluding ortho intramolecular Hbond substituents is 1. The van der Waals surface area contributed by atoms with Crippen LogP contribution in [0.5, 0.6) is 5.75 Å². The molecule has 0 bridgehead atoms. The Kier molecular flexibility index (Phi) is 3.71. The Bertz CT molecular complexity index is 846. The standard InChI is InChI=1S/C15H11N3O3S/c19-12-6-2-3-9-10(12)4-1-5-11(9)17-13(20)14(21)18-15-16-7-8-22-15/h1-8,19H,(H,17,20)(H,16,18,21). The molecule has 0 atom stereocenters. The van der Waals surface area contributed by atoms with Crippen LogP contribution in [0.15, 0.2) is 48.0 Å². The minimum Gasteiger partial charge on any atom is -0.507 e. The van der Waals surface area contributed by atoms with Crippen LogP contribution >= 0.6 is 11.3 Å². The van der Waals surface area contributed by atoms with E-state index in [-0.39, 0.29) is 5.75 Å². The van der Waals surface area contributed by atoms with Gasteiger partial charge in [-0.25, -0.2) is 4.98 Å². The Morgan fingerprint density at radius 2 is 1.73 bits per heavy atom. The average molecular weight is 313 g/mol. The molecule has 0 aliphatic heterocycles. The number of anilines is 2. The second kappa shape index (κ2) is 5.82. The third kappa shape index (κ3) is 2.75. The van der Waals surface area contributed by atoms with Crippen molar-refractivity contribution >= 4 is 44.7 Å². The van der Waals surface area contributed by atoms with Crippen LogP contribution < -0.4 is 10.6 Å². The summed E-state index contributed by atoms with van der Waals surface area (Å²) in [6.07, 6.45) is 1.53. The van der Waals surface area contributed by atoms with E-state index in [1.165, 1.54) is 17.5 Å². The van der Waals surface area contributed by atoms with Gasteiger partial charge in [-0.3, -0.25) is 14.9 Å². The van der Waals surface area contributed by atoms with E-state index in [0.29, 0.717) is 21.6 Å². The van der Waals surface area contributed by atoms with Crippen LogP contribution in [0.3, 0.4) is 0 Å². The Hall–Kier alpha value is -2.93. The number of carbonyl (C=O) groups excluding carboxylic acids is 2. The first-order chi connectivity index (χ1) is 10.6. The summed E-state index contributed by atoms with van der Waals surface area (Å²) in [5.41, 5.74) is 0.452. The third-order valence-electron chi connectivity index (χ3n) is 3.01. The SMILES string of the molecule is O=C(Nc1nccs1)C(=O)Nc1cccc2c(O)cccc12. The van der Waals surface area contributed by atoms with Crippen molar-refractivity contribution in [3.63, 3.8) is 0 Å². The molecule has 0 saturated heterocycles. The fourth-order valence-electron chi connectivity index (χ4n) is 2.02. The average Bonchev–Trinajstić information content (AvgIpc) is 3.01. The minimum absolute atomic E-state index is 0.112. The Labute approximate surface area is 129 Å². The quantitative estimate of drug-likeness (QED) is 0.634. The first-order valence-electron chi connectivity index (χ1n) is 6.37. The van der Waals surface area contributed by atoms with Crippen molar-refractivity contribution in [2.45, 2.75) is 0 Å². The van der Waals surface area contributed by atoms with E-state index in [9.17, 15) is 14.7 Å². The number of aromatic hydroxyl groups is 1. The molecule has 110 valence electrons. The fraction of sp³-hybridized carbons (Fsp3) is 0. The van der Waals surface area contributed by atoms with Gasteiger partial charge in [-0.2, -0.15) is 0 Å². The van der Waals surface area contributed by atoms with E-state index < -0.39 is 11.8 Å². The highest BCUT2D eigenvalue weighted by Gasteiger charge is 2.16. The molecule has 6 nitrogen and oxygen atoms in total. The number of nitrogens with zero attached hydrogens (tertiary/aromatic N) is 1. The lowest BCUT2D eigenvalue weighted by molar-refractivity contribution is -0.132. The van der Waals surface area contributed by atoms with Crippen molar-refractivity contribution in [1.82, 2.24) is 4.98 Å². The van der Waals surface area contributed by atoms with Crippen molar-refractivity contribution in [2.75, 3.05) is 10.6 Å². The molecule has 0 spiro atoms. The molecule has 22 heavy (non-hydrogen) atoms. The highest BCUT2D eigenvalue weighted by molar-refractivity contribution is 7.13. The van der Waals surface area contributed by atoms with E-state index >= 15 is 0 Å². The summed E-state index contributed by atoms with van der Waals surface area (Å²) in [7, 11) is 0. The molecule has 0 saturated carbocycles. The number of hydrogen-bond acceptors (Lipinski definition) is 5. The second-order valence-electron chi connectivity index (χ2n) is 4.42. The Balaban J connectivity index is 1.82. The van der Waals surface area contributed by atoms with Gasteiger partial charge in [-0.15, -0.1) is 11.3 Å². The molecular formula is C15H11N3O3S. The van der Waals surface area contributed by atoms with Crippen LogP contribution in [0.2, 0.25) is 0 Å². The van der Waals surface area contributed by atoms with Gasteiger partial charge in [-0.05, 0) is 12.1 Å². The Morgan fingerprint density at radius 3 is 2.50 bits per heavy atom. The smallest absolute Gasteiger partial charge is 0.315 e. The molecule has 1 heterocycles. The number of fused-ring (bicyclic) bond motifs is 1. The topological polar surface area (TPSA) is 91.3 Å². The minimum atomic E-state index is -0.800. The lowest BCUT2D eigenvalue weighted by Crippen LogP contribution is -2.29. The second-order valence-corrected chi connectivity index (χ2v) is 5.32. The first-order valence-corrected chi connectivity index (χ1v) is 7.25. The van der Waals surface area contributed by atoms with Crippen LogP contribution in [-0.4, -0.2) is 21.9 Å². The molecule has 0 radical (unpaired) electrons. The number of hydrogen-bond donors (Lipinski definition) is 3. The van der Waals surface area contributed by atoms with Crippen LogP contribution in [0, 0.1) is 0 Å². The number of amides is 2. The van der Waals surface area contributed by atoms with Gasteiger partial charge in [0.15, 0.2) is 5.13 Å². The summed E-state index contributed by atoms with van der Waals surface area (Å²) in [4.78, 5) is 27.7. The summed E-state index contributed by atoms with van der Waals surface area (Å²) in [6, 6.07) is 10.1. The number of thiazole rings is 1. The van der Waals surface area contributed by atoms with E-state index in [1.807, 2.05) is 0 Å². The molecular weight excluding hydrogens is 302 g/mol. The monoisotopic (exact) mass is 313 g/mol. The molecule has 7 heteroatoms. The van der Waals surface area contributed by atoms with Gasteiger partial charge in [-0.1, -0.05) is 24.3 Å². The van der Waals surface area contributed by atoms with Gasteiger partial charge < -0.3 is 10.4 Å². The van der Waals surface area contributed by atoms with Gasteiger partial charge in [0.25, 0.3) is 0 Å². The molecule has 3 N–H and O–H groups in total. The molecule has 0 aliphatic carbocycles. The van der Waals surface area contributed by atoms with E-state index in [1.54, 1.807) is 41.8 Å². The van der Waals surface area contributed by atoms with Gasteiger partial charge in [0.2, 0.25) is 0 Å². The van der Waals surface area contributed by atoms with Crippen LogP contribution in [-0.2, 0) is 9.59 Å². The Morgan fingerprint density at radius 1 is 1.00 bits per heavy atom. The maximum Gasteiger partial charge on any atom is 0.315 e. The van der Waals surface area contributed by atoms with Crippen LogP contribution in [0.1, 0.15) is 0 Å². The van der Waals surface area contributed by atoms with Crippen LogP contribution in [0.4, 0.5) is 10.8 Å². The predicted molar refractivity (Wildman–Crippen MR) is 85.0 cm³/mol. The summed E-state index contributed by atoms with van der Waals surface area (Å²) in [5, 5.41) is 18.1. The van der Waals surface area contributed by atoms with Crippen LogP contribution in [0.25, 0.3) is 10.8 Å². The zero-order chi connectivity index (χ0) is 15.5. The highest BCUT2D eigenvalue weighted by Crippen LogP contribution is 2.29. The molecule has 1 aromatic heterocycles. The molecule has 0 fully saturated rings. The number of carbonyl (C=O) groups is 2. The lowest BCUT2D eigenvalue weighted by atomic mass is 10.1. The fourth-order valence-corrected chi connectivity index (χ4v) is 2.54. The van der Waals surface area contributed by atoms with Gasteiger partial charge in [0.05, 0.1) is 0 Å². The maximum absolute atomic E-state index is 12.0. The molecule has 2 amide bonds. The number of rotatable bonds is 2. The normalized spacial score (nSPS) is 10.4. The third-order valence-corrected chi connectivity index (χ3v) is 3.69. The zero-order valence-corrected chi connectivity index (χ0v) is 12.1. The van der Waals surface area contributed by atoms with E-state index in [4.69, 9.17) is 0 Å². The largest absolute Gasteiger partial charge is 0.507 e. The number of aromatic nitrogens is 1. The predicted octanol–water partition coefficient (Wildman–Crippen LogP) is 2.58. The summed E-state index contributed by atoms with van der Waals surface area (Å²) < 4.78 is 0. The van der Waals surface area contributed by atoms with Gasteiger partial charge in [0.1, 0.15) is 5.75 Å². The lowest BCUT2D eigenvalue weighted by Gasteiger charge is -2.09. The number of phenols is 1. The molecule has 2 aromatic carbocycles. The molecule has 0 aliphatic rings. The van der Waals surface area contributed by atoms with E-state index in [0.717, 1.165) is 0 Å². The van der Waals surface area contributed by atoms with E-state index in [2.05, 4.69) is 15.6 Å².